The van der Waals surface area contributed by atoms with Crippen molar-refractivity contribution in [2.45, 2.75) is 19.4 Å². The van der Waals surface area contributed by atoms with Gasteiger partial charge in [0.15, 0.2) is 11.6 Å². The van der Waals surface area contributed by atoms with Crippen LogP contribution in [0.4, 0.5) is 8.78 Å². The average molecular weight is 340 g/mol. The minimum Gasteiger partial charge on any atom is -0.496 e. The van der Waals surface area contributed by atoms with Crippen molar-refractivity contribution >= 4 is 0 Å². The first kappa shape index (κ1) is 17.6. The molecule has 1 N–H and O–H groups in total. The predicted molar refractivity (Wildman–Crippen MR) is 87.9 cm³/mol. The molecule has 6 heteroatoms. The third-order valence-corrected chi connectivity index (χ3v) is 5.33. The molecule has 2 aliphatic heterocycles. The van der Waals surface area contributed by atoms with E-state index in [1.165, 1.54) is 26.0 Å². The van der Waals surface area contributed by atoms with Crippen molar-refractivity contribution < 1.29 is 18.6 Å². The molecule has 0 saturated carbocycles. The minimum atomic E-state index is -0.850. The monoisotopic (exact) mass is 340 g/mol. The zero-order chi connectivity index (χ0) is 17.1. The van der Waals surface area contributed by atoms with Gasteiger partial charge in [0.25, 0.3) is 0 Å². The molecule has 1 aromatic rings. The summed E-state index contributed by atoms with van der Waals surface area (Å²) < 4.78 is 32.9. The van der Waals surface area contributed by atoms with Crippen LogP contribution >= 0.6 is 0 Å². The molecule has 1 aromatic carbocycles. The van der Waals surface area contributed by atoms with E-state index < -0.39 is 11.6 Å². The molecule has 0 spiro atoms. The van der Waals surface area contributed by atoms with Gasteiger partial charge < -0.3 is 14.7 Å². The van der Waals surface area contributed by atoms with Crippen LogP contribution in [0.25, 0.3) is 0 Å². The third kappa shape index (κ3) is 3.71. The molecular formula is C18H26F2N2O2. The van der Waals surface area contributed by atoms with Crippen molar-refractivity contribution in [3.8, 4) is 5.75 Å². The Bertz CT molecular complexity index is 564. The second kappa shape index (κ2) is 7.76. The standard InChI is InChI=1S/C18H26F2N2O2/c1-24-17-5-4-16(19)18(20)15(17)11-22-9-13(14(10-22)12-23)8-21-6-2-3-7-21/h4-5,13-14,23H,2-3,6-12H2,1H3. The molecule has 2 heterocycles. The summed E-state index contributed by atoms with van der Waals surface area (Å²) in [5, 5.41) is 9.69. The lowest BCUT2D eigenvalue weighted by Gasteiger charge is -2.23. The molecule has 0 radical (unpaired) electrons. The summed E-state index contributed by atoms with van der Waals surface area (Å²) in [6, 6.07) is 2.56. The van der Waals surface area contributed by atoms with Gasteiger partial charge in [-0.15, -0.1) is 0 Å². The van der Waals surface area contributed by atoms with Gasteiger partial charge in [0, 0.05) is 38.3 Å². The Kier molecular flexibility index (Phi) is 5.69. The average Bonchev–Trinajstić information content (AvgIpc) is 3.22. The van der Waals surface area contributed by atoms with Crippen LogP contribution in [-0.2, 0) is 6.54 Å². The number of methoxy groups -OCH3 is 1. The van der Waals surface area contributed by atoms with Crippen molar-refractivity contribution in [3.05, 3.63) is 29.3 Å². The molecule has 3 rings (SSSR count). The maximum Gasteiger partial charge on any atom is 0.167 e. The number of rotatable bonds is 6. The number of hydrogen-bond donors (Lipinski definition) is 1. The number of halogens is 2. The molecule has 134 valence electrons. The predicted octanol–water partition coefficient (Wildman–Crippen LogP) is 2.11. The summed E-state index contributed by atoms with van der Waals surface area (Å²) in [6.45, 7) is 5.17. The minimum absolute atomic E-state index is 0.137. The van der Waals surface area contributed by atoms with E-state index in [9.17, 15) is 13.9 Å². The molecule has 4 nitrogen and oxygen atoms in total. The van der Waals surface area contributed by atoms with Gasteiger partial charge in [-0.1, -0.05) is 0 Å². The molecule has 2 fully saturated rings. The van der Waals surface area contributed by atoms with E-state index in [1.54, 1.807) is 0 Å². The van der Waals surface area contributed by atoms with E-state index in [-0.39, 0.29) is 18.1 Å². The lowest BCUT2D eigenvalue weighted by Crippen LogP contribution is -2.31. The van der Waals surface area contributed by atoms with Crippen LogP contribution in [0.1, 0.15) is 18.4 Å². The van der Waals surface area contributed by atoms with Crippen molar-refractivity contribution in [2.24, 2.45) is 11.8 Å². The largest absolute Gasteiger partial charge is 0.496 e. The molecule has 2 aliphatic rings. The van der Waals surface area contributed by atoms with Crippen LogP contribution in [0.2, 0.25) is 0 Å². The van der Waals surface area contributed by atoms with Crippen LogP contribution in [-0.4, -0.2) is 61.3 Å². The first-order valence-corrected chi connectivity index (χ1v) is 8.68. The highest BCUT2D eigenvalue weighted by atomic mass is 19.2. The first-order chi connectivity index (χ1) is 11.6. The van der Waals surface area contributed by atoms with E-state index in [2.05, 4.69) is 9.80 Å². The highest BCUT2D eigenvalue weighted by molar-refractivity contribution is 5.35. The molecule has 0 amide bonds. The summed E-state index contributed by atoms with van der Waals surface area (Å²) in [4.78, 5) is 4.54. The highest BCUT2D eigenvalue weighted by Gasteiger charge is 2.34. The number of ether oxygens (including phenoxy) is 1. The van der Waals surface area contributed by atoms with Crippen LogP contribution < -0.4 is 4.74 Å². The first-order valence-electron chi connectivity index (χ1n) is 8.68. The summed E-state index contributed by atoms with van der Waals surface area (Å²) in [5.74, 6) is -0.753. The summed E-state index contributed by atoms with van der Waals surface area (Å²) in [7, 11) is 1.47. The van der Waals surface area contributed by atoms with E-state index in [0.29, 0.717) is 24.8 Å². The molecule has 2 atom stereocenters. The Hall–Kier alpha value is -1.24. The molecule has 0 aliphatic carbocycles. The summed E-state index contributed by atoms with van der Waals surface area (Å²) >= 11 is 0. The molecular weight excluding hydrogens is 314 g/mol. The number of benzene rings is 1. The Morgan fingerprint density at radius 3 is 2.50 bits per heavy atom. The second-order valence-corrected chi connectivity index (χ2v) is 6.95. The van der Waals surface area contributed by atoms with Gasteiger partial charge in [-0.3, -0.25) is 4.90 Å². The maximum atomic E-state index is 14.2. The SMILES string of the molecule is COc1ccc(F)c(F)c1CN1CC(CO)C(CN2CCCC2)C1. The zero-order valence-corrected chi connectivity index (χ0v) is 14.2. The number of aliphatic hydroxyl groups excluding tert-OH is 1. The Balaban J connectivity index is 1.69. The fourth-order valence-corrected chi connectivity index (χ4v) is 4.01. The lowest BCUT2D eigenvalue weighted by molar-refractivity contribution is 0.175. The highest BCUT2D eigenvalue weighted by Crippen LogP contribution is 2.30. The third-order valence-electron chi connectivity index (χ3n) is 5.33. The number of aliphatic hydroxyl groups is 1. The zero-order valence-electron chi connectivity index (χ0n) is 14.2. The van der Waals surface area contributed by atoms with Gasteiger partial charge in [0.05, 0.1) is 7.11 Å². The normalized spacial score (nSPS) is 25.5. The van der Waals surface area contributed by atoms with Crippen LogP contribution in [0.3, 0.4) is 0 Å². The van der Waals surface area contributed by atoms with Crippen molar-refractivity contribution in [1.29, 1.82) is 0 Å². The van der Waals surface area contributed by atoms with Gasteiger partial charge in [0.2, 0.25) is 0 Å². The Labute approximate surface area is 142 Å². The lowest BCUT2D eigenvalue weighted by atomic mass is 9.96. The molecule has 0 bridgehead atoms. The maximum absolute atomic E-state index is 14.2. The topological polar surface area (TPSA) is 35.9 Å². The van der Waals surface area contributed by atoms with Gasteiger partial charge >= 0.3 is 0 Å². The number of hydrogen-bond acceptors (Lipinski definition) is 4. The smallest absolute Gasteiger partial charge is 0.167 e. The van der Waals surface area contributed by atoms with E-state index in [0.717, 1.165) is 32.2 Å². The Morgan fingerprint density at radius 1 is 1.12 bits per heavy atom. The van der Waals surface area contributed by atoms with Crippen LogP contribution in [0.15, 0.2) is 12.1 Å². The van der Waals surface area contributed by atoms with E-state index in [1.807, 2.05) is 0 Å². The molecule has 0 aromatic heterocycles. The Morgan fingerprint density at radius 2 is 1.83 bits per heavy atom. The molecule has 2 saturated heterocycles. The number of likely N-dealkylation sites (tertiary alicyclic amines) is 2. The van der Waals surface area contributed by atoms with Gasteiger partial charge in [-0.2, -0.15) is 0 Å². The van der Waals surface area contributed by atoms with Crippen molar-refractivity contribution in [3.63, 3.8) is 0 Å². The van der Waals surface area contributed by atoms with Gasteiger partial charge in [0.1, 0.15) is 5.75 Å². The molecule has 2 unspecified atom stereocenters. The number of nitrogens with zero attached hydrogens (tertiary/aromatic N) is 2. The summed E-state index contributed by atoms with van der Waals surface area (Å²) in [5.41, 5.74) is 0.260. The van der Waals surface area contributed by atoms with Crippen molar-refractivity contribution in [2.75, 3.05) is 46.4 Å². The van der Waals surface area contributed by atoms with Crippen LogP contribution in [0, 0.1) is 23.5 Å². The fraction of sp³-hybridized carbons (Fsp3) is 0.667. The van der Waals surface area contributed by atoms with E-state index in [4.69, 9.17) is 4.74 Å². The second-order valence-electron chi connectivity index (χ2n) is 6.95. The molecule has 24 heavy (non-hydrogen) atoms. The van der Waals surface area contributed by atoms with Gasteiger partial charge in [-0.25, -0.2) is 8.78 Å². The van der Waals surface area contributed by atoms with E-state index >= 15 is 0 Å². The van der Waals surface area contributed by atoms with Gasteiger partial charge in [-0.05, 0) is 49.9 Å². The van der Waals surface area contributed by atoms with Crippen molar-refractivity contribution in [1.82, 2.24) is 9.80 Å². The summed E-state index contributed by atoms with van der Waals surface area (Å²) in [6.07, 6.45) is 2.48. The quantitative estimate of drug-likeness (QED) is 0.860. The van der Waals surface area contributed by atoms with Crippen LogP contribution in [0.5, 0.6) is 5.75 Å². The fourth-order valence-electron chi connectivity index (χ4n) is 4.01.